The molecule has 4 heteroatoms. The van der Waals surface area contributed by atoms with E-state index in [1.807, 2.05) is 60.0 Å². The van der Waals surface area contributed by atoms with E-state index in [1.54, 1.807) is 17.5 Å². The van der Waals surface area contributed by atoms with Gasteiger partial charge in [0, 0.05) is 30.1 Å². The van der Waals surface area contributed by atoms with Crippen LogP contribution in [0.4, 0.5) is 0 Å². The number of hydrogen-bond donors (Lipinski definition) is 1. The van der Waals surface area contributed by atoms with Crippen LogP contribution in [0.2, 0.25) is 0 Å². The van der Waals surface area contributed by atoms with Crippen molar-refractivity contribution in [3.63, 3.8) is 0 Å². The number of amides is 1. The topological polar surface area (TPSA) is 42.0 Å². The third-order valence-corrected chi connectivity index (χ3v) is 4.45. The zero-order valence-corrected chi connectivity index (χ0v) is 13.6. The van der Waals surface area contributed by atoms with Gasteiger partial charge in [-0.1, -0.05) is 54.6 Å². The summed E-state index contributed by atoms with van der Waals surface area (Å²) in [6.07, 6.45) is 3.07. The Morgan fingerprint density at radius 2 is 1.83 bits per heavy atom. The molecule has 23 heavy (non-hydrogen) atoms. The van der Waals surface area contributed by atoms with Crippen molar-refractivity contribution in [3.8, 4) is 10.6 Å². The van der Waals surface area contributed by atoms with E-state index in [1.165, 1.54) is 5.56 Å². The summed E-state index contributed by atoms with van der Waals surface area (Å²) in [5.41, 5.74) is 3.37. The summed E-state index contributed by atoms with van der Waals surface area (Å²) in [6.45, 7) is 0.531. The molecule has 0 fully saturated rings. The molecule has 0 aliphatic carbocycles. The van der Waals surface area contributed by atoms with Crippen molar-refractivity contribution in [1.29, 1.82) is 0 Å². The highest BCUT2D eigenvalue weighted by atomic mass is 32.1. The van der Waals surface area contributed by atoms with Gasteiger partial charge < -0.3 is 5.32 Å². The third kappa shape index (κ3) is 4.27. The maximum atomic E-state index is 12.1. The fourth-order valence-corrected chi connectivity index (χ4v) is 3.12. The van der Waals surface area contributed by atoms with Gasteiger partial charge >= 0.3 is 0 Å². The van der Waals surface area contributed by atoms with E-state index < -0.39 is 0 Å². The standard InChI is InChI=1S/C19H18N2OS/c22-18(11-10-15-6-2-1-3-7-15)21-14-16-8-4-5-9-17(16)19-20-12-13-23-19/h1-9,12-13H,10-11,14H2,(H,21,22). The molecule has 3 aromatic rings. The van der Waals surface area contributed by atoms with Gasteiger partial charge in [-0.15, -0.1) is 11.3 Å². The molecule has 3 rings (SSSR count). The Morgan fingerprint density at radius 3 is 2.61 bits per heavy atom. The first-order valence-electron chi connectivity index (χ1n) is 7.61. The lowest BCUT2D eigenvalue weighted by Crippen LogP contribution is -2.23. The average Bonchev–Trinajstić information content (AvgIpc) is 3.14. The molecular formula is C19H18N2OS. The Bertz CT molecular complexity index is 754. The van der Waals surface area contributed by atoms with Crippen molar-refractivity contribution in [1.82, 2.24) is 10.3 Å². The first kappa shape index (κ1) is 15.4. The van der Waals surface area contributed by atoms with Gasteiger partial charge in [0.15, 0.2) is 0 Å². The molecule has 0 unspecified atom stereocenters. The Kier molecular flexibility index (Phi) is 5.17. The Morgan fingerprint density at radius 1 is 1.04 bits per heavy atom. The zero-order chi connectivity index (χ0) is 15.9. The summed E-state index contributed by atoms with van der Waals surface area (Å²) in [7, 11) is 0. The van der Waals surface area contributed by atoms with Gasteiger partial charge in [-0.25, -0.2) is 4.98 Å². The van der Waals surface area contributed by atoms with Gasteiger partial charge in [-0.2, -0.15) is 0 Å². The molecule has 0 atom stereocenters. The fourth-order valence-electron chi connectivity index (χ4n) is 2.42. The molecule has 116 valence electrons. The first-order valence-corrected chi connectivity index (χ1v) is 8.49. The number of benzene rings is 2. The summed E-state index contributed by atoms with van der Waals surface area (Å²) in [6, 6.07) is 18.1. The van der Waals surface area contributed by atoms with Crippen LogP contribution in [-0.4, -0.2) is 10.9 Å². The highest BCUT2D eigenvalue weighted by Gasteiger charge is 2.08. The molecule has 1 heterocycles. The molecule has 0 aliphatic heterocycles. The van der Waals surface area contributed by atoms with Crippen molar-refractivity contribution in [2.75, 3.05) is 0 Å². The van der Waals surface area contributed by atoms with Crippen LogP contribution in [0.25, 0.3) is 10.6 Å². The molecule has 0 bridgehead atoms. The molecule has 0 radical (unpaired) electrons. The molecule has 0 spiro atoms. The Balaban J connectivity index is 1.57. The zero-order valence-electron chi connectivity index (χ0n) is 12.7. The lowest BCUT2D eigenvalue weighted by Gasteiger charge is -2.09. The minimum Gasteiger partial charge on any atom is -0.352 e. The van der Waals surface area contributed by atoms with Crippen LogP contribution in [-0.2, 0) is 17.8 Å². The average molecular weight is 322 g/mol. The largest absolute Gasteiger partial charge is 0.352 e. The second-order valence-electron chi connectivity index (χ2n) is 5.26. The maximum Gasteiger partial charge on any atom is 0.220 e. The van der Waals surface area contributed by atoms with Crippen molar-refractivity contribution in [2.45, 2.75) is 19.4 Å². The second-order valence-corrected chi connectivity index (χ2v) is 6.15. The molecular weight excluding hydrogens is 304 g/mol. The predicted molar refractivity (Wildman–Crippen MR) is 94.2 cm³/mol. The molecule has 0 saturated carbocycles. The number of nitrogens with one attached hydrogen (secondary N) is 1. The van der Waals surface area contributed by atoms with Gasteiger partial charge in [0.05, 0.1) is 0 Å². The van der Waals surface area contributed by atoms with Crippen LogP contribution in [0.15, 0.2) is 66.2 Å². The summed E-state index contributed by atoms with van der Waals surface area (Å²) in [5, 5.41) is 5.96. The number of thiazole rings is 1. The molecule has 3 nitrogen and oxygen atoms in total. The number of aryl methyl sites for hydroxylation is 1. The van der Waals surface area contributed by atoms with Crippen LogP contribution < -0.4 is 5.32 Å². The predicted octanol–water partition coefficient (Wildman–Crippen LogP) is 4.06. The van der Waals surface area contributed by atoms with E-state index in [9.17, 15) is 4.79 Å². The smallest absolute Gasteiger partial charge is 0.220 e. The van der Waals surface area contributed by atoms with E-state index in [-0.39, 0.29) is 5.91 Å². The van der Waals surface area contributed by atoms with E-state index >= 15 is 0 Å². The minimum atomic E-state index is 0.0720. The van der Waals surface area contributed by atoms with E-state index in [2.05, 4.69) is 10.3 Å². The monoisotopic (exact) mass is 322 g/mol. The van der Waals surface area contributed by atoms with Crippen LogP contribution >= 0.6 is 11.3 Å². The molecule has 0 saturated heterocycles. The molecule has 0 aliphatic rings. The molecule has 1 amide bonds. The quantitative estimate of drug-likeness (QED) is 0.743. The third-order valence-electron chi connectivity index (χ3n) is 3.64. The Labute approximate surface area is 140 Å². The van der Waals surface area contributed by atoms with Crippen molar-refractivity contribution >= 4 is 17.2 Å². The van der Waals surface area contributed by atoms with Gasteiger partial charge in [0.1, 0.15) is 5.01 Å². The van der Waals surface area contributed by atoms with Crippen LogP contribution in [0, 0.1) is 0 Å². The van der Waals surface area contributed by atoms with Crippen LogP contribution in [0.1, 0.15) is 17.5 Å². The molecule has 1 N–H and O–H groups in total. The lowest BCUT2D eigenvalue weighted by molar-refractivity contribution is -0.121. The summed E-state index contributed by atoms with van der Waals surface area (Å²) in [4.78, 5) is 16.4. The number of carbonyl (C=O) groups is 1. The van der Waals surface area contributed by atoms with Gasteiger partial charge in [-0.05, 0) is 17.5 Å². The maximum absolute atomic E-state index is 12.1. The number of rotatable bonds is 6. The van der Waals surface area contributed by atoms with Gasteiger partial charge in [0.25, 0.3) is 0 Å². The van der Waals surface area contributed by atoms with E-state index in [4.69, 9.17) is 0 Å². The molecule has 2 aromatic carbocycles. The van der Waals surface area contributed by atoms with Crippen molar-refractivity contribution < 1.29 is 4.79 Å². The van der Waals surface area contributed by atoms with Crippen LogP contribution in [0.3, 0.4) is 0 Å². The Hall–Kier alpha value is -2.46. The number of aromatic nitrogens is 1. The number of nitrogens with zero attached hydrogens (tertiary/aromatic N) is 1. The second kappa shape index (κ2) is 7.70. The fraction of sp³-hybridized carbons (Fsp3) is 0.158. The summed E-state index contributed by atoms with van der Waals surface area (Å²) >= 11 is 1.61. The van der Waals surface area contributed by atoms with Crippen molar-refractivity contribution in [3.05, 3.63) is 77.3 Å². The van der Waals surface area contributed by atoms with E-state index in [0.29, 0.717) is 13.0 Å². The first-order chi connectivity index (χ1) is 11.3. The number of hydrogen-bond acceptors (Lipinski definition) is 3. The lowest BCUT2D eigenvalue weighted by atomic mass is 10.1. The SMILES string of the molecule is O=C(CCc1ccccc1)NCc1ccccc1-c1nccs1. The molecule has 1 aromatic heterocycles. The highest BCUT2D eigenvalue weighted by molar-refractivity contribution is 7.13. The minimum absolute atomic E-state index is 0.0720. The summed E-state index contributed by atoms with van der Waals surface area (Å²) in [5.74, 6) is 0.0720. The van der Waals surface area contributed by atoms with Crippen LogP contribution in [0.5, 0.6) is 0 Å². The normalized spacial score (nSPS) is 10.4. The summed E-state index contributed by atoms with van der Waals surface area (Å²) < 4.78 is 0. The van der Waals surface area contributed by atoms with Gasteiger partial charge in [0.2, 0.25) is 5.91 Å². The van der Waals surface area contributed by atoms with E-state index in [0.717, 1.165) is 22.6 Å². The highest BCUT2D eigenvalue weighted by Crippen LogP contribution is 2.25. The van der Waals surface area contributed by atoms with Gasteiger partial charge in [-0.3, -0.25) is 4.79 Å². The van der Waals surface area contributed by atoms with Crippen molar-refractivity contribution in [2.24, 2.45) is 0 Å². The number of carbonyl (C=O) groups excluding carboxylic acids is 1.